The summed E-state index contributed by atoms with van der Waals surface area (Å²) >= 11 is 9.16. The van der Waals surface area contributed by atoms with Crippen LogP contribution >= 0.6 is 27.5 Å². The number of hydrogen-bond acceptors (Lipinski definition) is 2. The van der Waals surface area contributed by atoms with E-state index in [4.69, 9.17) is 17.3 Å². The van der Waals surface area contributed by atoms with Crippen LogP contribution in [0.2, 0.25) is 5.02 Å². The van der Waals surface area contributed by atoms with Crippen LogP contribution in [-0.2, 0) is 4.79 Å². The second-order valence-corrected chi connectivity index (χ2v) is 5.32. The first kappa shape index (κ1) is 14.5. The lowest BCUT2D eigenvalue weighted by molar-refractivity contribution is -0.118. The van der Waals surface area contributed by atoms with Gasteiger partial charge in [0, 0.05) is 9.50 Å². The van der Waals surface area contributed by atoms with Crippen molar-refractivity contribution in [2.75, 3.05) is 5.32 Å². The SMILES string of the molecule is CC[C@H](C)[C@H](N)C(=O)Nc1ccc(Cl)cc1Br. The van der Waals surface area contributed by atoms with Crippen molar-refractivity contribution in [1.29, 1.82) is 0 Å². The van der Waals surface area contributed by atoms with Crippen LogP contribution in [0.1, 0.15) is 20.3 Å². The molecule has 0 spiro atoms. The molecule has 0 saturated carbocycles. The fourth-order valence-corrected chi connectivity index (χ4v) is 2.10. The van der Waals surface area contributed by atoms with Crippen LogP contribution in [0.15, 0.2) is 22.7 Å². The average molecular weight is 320 g/mol. The standard InChI is InChI=1S/C12H16BrClN2O/c1-3-7(2)11(15)12(17)16-10-5-4-8(14)6-9(10)13/h4-7,11H,3,15H2,1-2H3,(H,16,17)/t7-,11-/m0/s1. The van der Waals surface area contributed by atoms with Crippen LogP contribution < -0.4 is 11.1 Å². The minimum Gasteiger partial charge on any atom is -0.324 e. The minimum absolute atomic E-state index is 0.154. The average Bonchev–Trinajstić information content (AvgIpc) is 2.30. The van der Waals surface area contributed by atoms with E-state index in [2.05, 4.69) is 21.2 Å². The van der Waals surface area contributed by atoms with Crippen LogP contribution in [-0.4, -0.2) is 11.9 Å². The molecule has 0 aliphatic carbocycles. The summed E-state index contributed by atoms with van der Waals surface area (Å²) in [5.74, 6) is -0.0246. The molecule has 0 fully saturated rings. The predicted molar refractivity (Wildman–Crippen MR) is 75.2 cm³/mol. The largest absolute Gasteiger partial charge is 0.324 e. The highest BCUT2D eigenvalue weighted by atomic mass is 79.9. The molecule has 3 N–H and O–H groups in total. The van der Waals surface area contributed by atoms with Crippen molar-refractivity contribution in [1.82, 2.24) is 0 Å². The van der Waals surface area contributed by atoms with Crippen LogP contribution in [0.3, 0.4) is 0 Å². The van der Waals surface area contributed by atoms with Gasteiger partial charge in [-0.3, -0.25) is 4.79 Å². The number of benzene rings is 1. The Hall–Kier alpha value is -0.580. The highest BCUT2D eigenvalue weighted by molar-refractivity contribution is 9.10. The van der Waals surface area contributed by atoms with E-state index in [0.717, 1.165) is 10.9 Å². The Morgan fingerprint density at radius 1 is 1.59 bits per heavy atom. The molecule has 0 saturated heterocycles. The van der Waals surface area contributed by atoms with Gasteiger partial charge in [-0.15, -0.1) is 0 Å². The third kappa shape index (κ3) is 3.98. The maximum absolute atomic E-state index is 11.9. The van der Waals surface area contributed by atoms with Gasteiger partial charge in [0.25, 0.3) is 0 Å². The molecule has 1 aromatic rings. The Morgan fingerprint density at radius 2 is 2.24 bits per heavy atom. The van der Waals surface area contributed by atoms with Crippen molar-refractivity contribution in [2.45, 2.75) is 26.3 Å². The molecule has 0 unspecified atom stereocenters. The Balaban J connectivity index is 2.74. The van der Waals surface area contributed by atoms with Gasteiger partial charge in [-0.2, -0.15) is 0 Å². The van der Waals surface area contributed by atoms with Gasteiger partial charge in [-0.05, 0) is 40.0 Å². The fourth-order valence-electron chi connectivity index (χ4n) is 1.32. The zero-order chi connectivity index (χ0) is 13.0. The van der Waals surface area contributed by atoms with E-state index < -0.39 is 6.04 Å². The maximum Gasteiger partial charge on any atom is 0.241 e. The number of amides is 1. The molecule has 17 heavy (non-hydrogen) atoms. The molecular weight excluding hydrogens is 304 g/mol. The number of nitrogens with one attached hydrogen (secondary N) is 1. The topological polar surface area (TPSA) is 55.1 Å². The summed E-state index contributed by atoms with van der Waals surface area (Å²) in [6, 6.07) is 4.69. The number of carbonyl (C=O) groups is 1. The molecule has 0 aliphatic heterocycles. The molecule has 0 heterocycles. The molecule has 1 aromatic carbocycles. The lowest BCUT2D eigenvalue weighted by atomic mass is 9.99. The van der Waals surface area contributed by atoms with E-state index in [1.807, 2.05) is 13.8 Å². The summed E-state index contributed by atoms with van der Waals surface area (Å²) in [5, 5.41) is 3.40. The second kappa shape index (κ2) is 6.38. The molecule has 0 aliphatic rings. The minimum atomic E-state index is -0.498. The van der Waals surface area contributed by atoms with Crippen LogP contribution in [0, 0.1) is 5.92 Å². The molecule has 2 atom stereocenters. The molecule has 1 amide bonds. The molecule has 0 radical (unpaired) electrons. The molecule has 3 nitrogen and oxygen atoms in total. The number of hydrogen-bond donors (Lipinski definition) is 2. The molecular formula is C12H16BrClN2O. The summed E-state index contributed by atoms with van der Waals surface area (Å²) in [6.07, 6.45) is 0.871. The van der Waals surface area contributed by atoms with Crippen LogP contribution in [0.4, 0.5) is 5.69 Å². The van der Waals surface area contributed by atoms with Crippen molar-refractivity contribution < 1.29 is 4.79 Å². The third-order valence-electron chi connectivity index (χ3n) is 2.75. The summed E-state index contributed by atoms with van der Waals surface area (Å²) in [7, 11) is 0. The zero-order valence-electron chi connectivity index (χ0n) is 9.84. The van der Waals surface area contributed by atoms with Crippen LogP contribution in [0.5, 0.6) is 0 Å². The van der Waals surface area contributed by atoms with E-state index in [-0.39, 0.29) is 11.8 Å². The van der Waals surface area contributed by atoms with E-state index in [1.54, 1.807) is 18.2 Å². The lowest BCUT2D eigenvalue weighted by Gasteiger charge is -2.18. The first-order valence-electron chi connectivity index (χ1n) is 5.47. The Kier molecular flexibility index (Phi) is 5.43. The van der Waals surface area contributed by atoms with E-state index in [0.29, 0.717) is 10.7 Å². The first-order chi connectivity index (χ1) is 7.95. The van der Waals surface area contributed by atoms with Crippen molar-refractivity contribution in [3.63, 3.8) is 0 Å². The van der Waals surface area contributed by atoms with Crippen molar-refractivity contribution in [3.05, 3.63) is 27.7 Å². The van der Waals surface area contributed by atoms with Crippen molar-refractivity contribution in [2.24, 2.45) is 11.7 Å². The molecule has 94 valence electrons. The van der Waals surface area contributed by atoms with Gasteiger partial charge in [-0.1, -0.05) is 31.9 Å². The highest BCUT2D eigenvalue weighted by Gasteiger charge is 2.19. The Bertz CT molecular complexity index is 411. The molecule has 1 rings (SSSR count). The van der Waals surface area contributed by atoms with Gasteiger partial charge in [0.1, 0.15) is 0 Å². The monoisotopic (exact) mass is 318 g/mol. The molecule has 0 bridgehead atoms. The lowest BCUT2D eigenvalue weighted by Crippen LogP contribution is -2.40. The van der Waals surface area contributed by atoms with Gasteiger partial charge in [0.05, 0.1) is 11.7 Å². The second-order valence-electron chi connectivity index (χ2n) is 4.02. The normalized spacial score (nSPS) is 14.2. The first-order valence-corrected chi connectivity index (χ1v) is 6.64. The fraction of sp³-hybridized carbons (Fsp3) is 0.417. The summed E-state index contributed by atoms with van der Waals surface area (Å²) in [6.45, 7) is 3.97. The smallest absolute Gasteiger partial charge is 0.241 e. The van der Waals surface area contributed by atoms with E-state index in [1.165, 1.54) is 0 Å². The van der Waals surface area contributed by atoms with Crippen LogP contribution in [0.25, 0.3) is 0 Å². The Morgan fingerprint density at radius 3 is 2.76 bits per heavy atom. The van der Waals surface area contributed by atoms with Crippen molar-refractivity contribution >= 4 is 39.1 Å². The number of nitrogens with two attached hydrogens (primary N) is 1. The zero-order valence-corrected chi connectivity index (χ0v) is 12.2. The number of halogens is 2. The maximum atomic E-state index is 11.9. The van der Waals surface area contributed by atoms with Gasteiger partial charge >= 0.3 is 0 Å². The quantitative estimate of drug-likeness (QED) is 0.893. The van der Waals surface area contributed by atoms with Gasteiger partial charge in [-0.25, -0.2) is 0 Å². The molecule has 5 heteroatoms. The van der Waals surface area contributed by atoms with E-state index >= 15 is 0 Å². The van der Waals surface area contributed by atoms with Gasteiger partial charge in [0.15, 0.2) is 0 Å². The number of carbonyl (C=O) groups excluding carboxylic acids is 1. The summed E-state index contributed by atoms with van der Waals surface area (Å²) < 4.78 is 0.745. The van der Waals surface area contributed by atoms with E-state index in [9.17, 15) is 4.79 Å². The Labute approximate surface area is 115 Å². The van der Waals surface area contributed by atoms with Gasteiger partial charge in [0.2, 0.25) is 5.91 Å². The summed E-state index contributed by atoms with van der Waals surface area (Å²) in [4.78, 5) is 11.9. The number of rotatable bonds is 4. The molecule has 0 aromatic heterocycles. The summed E-state index contributed by atoms with van der Waals surface area (Å²) in [5.41, 5.74) is 6.52. The van der Waals surface area contributed by atoms with Crippen molar-refractivity contribution in [3.8, 4) is 0 Å². The highest BCUT2D eigenvalue weighted by Crippen LogP contribution is 2.26. The predicted octanol–water partition coefficient (Wildman–Crippen LogP) is 3.41. The third-order valence-corrected chi connectivity index (χ3v) is 3.64. The number of anilines is 1. The van der Waals surface area contributed by atoms with Gasteiger partial charge < -0.3 is 11.1 Å².